The summed E-state index contributed by atoms with van der Waals surface area (Å²) < 4.78 is 5.78. The van der Waals surface area contributed by atoms with Crippen molar-refractivity contribution in [1.29, 1.82) is 0 Å². The van der Waals surface area contributed by atoms with E-state index in [0.717, 1.165) is 28.1 Å². The lowest BCUT2D eigenvalue weighted by atomic mass is 10.0. The lowest BCUT2D eigenvalue weighted by Crippen LogP contribution is -2.10. The molecule has 1 amide bonds. The first-order chi connectivity index (χ1) is 13.6. The summed E-state index contributed by atoms with van der Waals surface area (Å²) in [6.45, 7) is 4.76. The van der Waals surface area contributed by atoms with E-state index in [-0.39, 0.29) is 5.91 Å². The van der Waals surface area contributed by atoms with E-state index in [1.165, 1.54) is 0 Å². The van der Waals surface area contributed by atoms with Crippen LogP contribution in [0, 0.1) is 0 Å². The number of carbonyl (C=O) groups excluding carboxylic acids is 1. The predicted octanol–water partition coefficient (Wildman–Crippen LogP) is 6.04. The summed E-state index contributed by atoms with van der Waals surface area (Å²) in [6.07, 6.45) is 3.35. The Labute approximate surface area is 166 Å². The van der Waals surface area contributed by atoms with Crippen molar-refractivity contribution in [3.8, 4) is 5.75 Å². The minimum absolute atomic E-state index is 0.141. The van der Waals surface area contributed by atoms with E-state index in [9.17, 15) is 4.79 Å². The van der Waals surface area contributed by atoms with Crippen LogP contribution in [0.5, 0.6) is 5.75 Å². The van der Waals surface area contributed by atoms with Crippen LogP contribution in [0.1, 0.15) is 36.5 Å². The number of para-hydroxylation sites is 1. The molecule has 0 aliphatic heterocycles. The van der Waals surface area contributed by atoms with Gasteiger partial charge in [-0.1, -0.05) is 74.5 Å². The van der Waals surface area contributed by atoms with Crippen LogP contribution in [0.15, 0.2) is 84.9 Å². The van der Waals surface area contributed by atoms with Gasteiger partial charge in [-0.2, -0.15) is 0 Å². The second-order valence-electron chi connectivity index (χ2n) is 6.91. The van der Waals surface area contributed by atoms with Gasteiger partial charge in [0.25, 0.3) is 0 Å². The van der Waals surface area contributed by atoms with Gasteiger partial charge in [0.1, 0.15) is 12.4 Å². The van der Waals surface area contributed by atoms with Crippen LogP contribution in [0.2, 0.25) is 0 Å². The second-order valence-corrected chi connectivity index (χ2v) is 6.91. The fourth-order valence-corrected chi connectivity index (χ4v) is 2.88. The topological polar surface area (TPSA) is 38.3 Å². The second kappa shape index (κ2) is 9.56. The molecule has 28 heavy (non-hydrogen) atoms. The molecule has 0 fully saturated rings. The third-order valence-corrected chi connectivity index (χ3v) is 4.40. The zero-order valence-electron chi connectivity index (χ0n) is 16.3. The Morgan fingerprint density at radius 3 is 2.32 bits per heavy atom. The van der Waals surface area contributed by atoms with E-state index in [1.54, 1.807) is 12.2 Å². The smallest absolute Gasteiger partial charge is 0.248 e. The van der Waals surface area contributed by atoms with Crippen LogP contribution in [0.25, 0.3) is 6.08 Å². The minimum Gasteiger partial charge on any atom is -0.489 e. The summed E-state index contributed by atoms with van der Waals surface area (Å²) in [7, 11) is 0. The third kappa shape index (κ3) is 5.58. The molecule has 0 saturated heterocycles. The molecular weight excluding hydrogens is 346 g/mol. The molecule has 0 heterocycles. The van der Waals surface area contributed by atoms with Gasteiger partial charge in [-0.05, 0) is 46.9 Å². The molecule has 0 aliphatic carbocycles. The molecule has 3 heteroatoms. The van der Waals surface area contributed by atoms with Gasteiger partial charge >= 0.3 is 0 Å². The fraction of sp³-hybridized carbons (Fsp3) is 0.160. The highest BCUT2D eigenvalue weighted by Crippen LogP contribution is 2.23. The zero-order valence-corrected chi connectivity index (χ0v) is 16.3. The van der Waals surface area contributed by atoms with Gasteiger partial charge in [-0.25, -0.2) is 0 Å². The SMILES string of the molecule is CC(C)c1ccccc1NC(=O)C=Cc1ccc(OCc2ccccc2)cc1. The van der Waals surface area contributed by atoms with E-state index in [1.807, 2.05) is 78.9 Å². The Morgan fingerprint density at radius 1 is 0.929 bits per heavy atom. The van der Waals surface area contributed by atoms with Crippen LogP contribution in [-0.4, -0.2) is 5.91 Å². The van der Waals surface area contributed by atoms with Crippen molar-refractivity contribution >= 4 is 17.7 Å². The maximum Gasteiger partial charge on any atom is 0.248 e. The summed E-state index contributed by atoms with van der Waals surface area (Å²) >= 11 is 0. The predicted molar refractivity (Wildman–Crippen MR) is 115 cm³/mol. The van der Waals surface area contributed by atoms with Crippen molar-refractivity contribution < 1.29 is 9.53 Å². The molecule has 0 saturated carbocycles. The number of rotatable bonds is 7. The molecule has 3 aromatic carbocycles. The van der Waals surface area contributed by atoms with Crippen LogP contribution >= 0.6 is 0 Å². The molecule has 1 N–H and O–H groups in total. The van der Waals surface area contributed by atoms with Crippen molar-refractivity contribution in [3.63, 3.8) is 0 Å². The van der Waals surface area contributed by atoms with Gasteiger partial charge in [-0.15, -0.1) is 0 Å². The van der Waals surface area contributed by atoms with Crippen molar-refractivity contribution in [3.05, 3.63) is 102 Å². The number of hydrogen-bond donors (Lipinski definition) is 1. The number of amides is 1. The Balaban J connectivity index is 1.56. The van der Waals surface area contributed by atoms with Crippen LogP contribution < -0.4 is 10.1 Å². The van der Waals surface area contributed by atoms with Gasteiger partial charge in [0.05, 0.1) is 0 Å². The van der Waals surface area contributed by atoms with Crippen molar-refractivity contribution in [2.45, 2.75) is 26.4 Å². The van der Waals surface area contributed by atoms with Gasteiger partial charge in [-0.3, -0.25) is 4.79 Å². The van der Waals surface area contributed by atoms with E-state index >= 15 is 0 Å². The van der Waals surface area contributed by atoms with Gasteiger partial charge < -0.3 is 10.1 Å². The van der Waals surface area contributed by atoms with Crippen molar-refractivity contribution in [2.75, 3.05) is 5.32 Å². The van der Waals surface area contributed by atoms with E-state index in [2.05, 4.69) is 19.2 Å². The number of benzene rings is 3. The third-order valence-electron chi connectivity index (χ3n) is 4.40. The monoisotopic (exact) mass is 371 g/mol. The minimum atomic E-state index is -0.141. The number of anilines is 1. The number of nitrogens with one attached hydrogen (secondary N) is 1. The maximum atomic E-state index is 12.3. The molecular formula is C25H25NO2. The molecule has 0 unspecified atom stereocenters. The quantitative estimate of drug-likeness (QED) is 0.514. The van der Waals surface area contributed by atoms with Gasteiger partial charge in [0.2, 0.25) is 5.91 Å². The molecule has 3 rings (SSSR count). The molecule has 0 spiro atoms. The highest BCUT2D eigenvalue weighted by Gasteiger charge is 2.07. The first kappa shape index (κ1) is 19.4. The summed E-state index contributed by atoms with van der Waals surface area (Å²) in [5, 5.41) is 2.96. The summed E-state index contributed by atoms with van der Waals surface area (Å²) in [5.41, 5.74) is 4.06. The largest absolute Gasteiger partial charge is 0.489 e. The highest BCUT2D eigenvalue weighted by atomic mass is 16.5. The molecule has 142 valence electrons. The average Bonchev–Trinajstić information content (AvgIpc) is 2.72. The summed E-state index contributed by atoms with van der Waals surface area (Å²) in [4.78, 5) is 12.3. The first-order valence-corrected chi connectivity index (χ1v) is 9.46. The van der Waals surface area contributed by atoms with Crippen LogP contribution in [0.4, 0.5) is 5.69 Å². The number of ether oxygens (including phenoxy) is 1. The molecule has 0 radical (unpaired) electrons. The normalized spacial score (nSPS) is 11.0. The number of carbonyl (C=O) groups is 1. The Kier molecular flexibility index (Phi) is 6.64. The van der Waals surface area contributed by atoms with E-state index < -0.39 is 0 Å². The molecule has 3 aromatic rings. The molecule has 3 nitrogen and oxygen atoms in total. The Hall–Kier alpha value is -3.33. The van der Waals surface area contributed by atoms with Gasteiger partial charge in [0.15, 0.2) is 0 Å². The van der Waals surface area contributed by atoms with Crippen LogP contribution in [0.3, 0.4) is 0 Å². The Morgan fingerprint density at radius 2 is 1.61 bits per heavy atom. The lowest BCUT2D eigenvalue weighted by Gasteiger charge is -2.12. The molecule has 0 aromatic heterocycles. The Bertz CT molecular complexity index is 928. The number of hydrogen-bond acceptors (Lipinski definition) is 2. The molecule has 0 aliphatic rings. The van der Waals surface area contributed by atoms with E-state index in [0.29, 0.717) is 12.5 Å². The molecule has 0 bridgehead atoms. The standard InChI is InChI=1S/C25H25NO2/c1-19(2)23-10-6-7-11-24(23)26-25(27)17-14-20-12-15-22(16-13-20)28-18-21-8-4-3-5-9-21/h3-17,19H,18H2,1-2H3,(H,26,27). The van der Waals surface area contributed by atoms with Crippen molar-refractivity contribution in [1.82, 2.24) is 0 Å². The van der Waals surface area contributed by atoms with Crippen molar-refractivity contribution in [2.24, 2.45) is 0 Å². The highest BCUT2D eigenvalue weighted by molar-refractivity contribution is 6.02. The molecule has 0 atom stereocenters. The summed E-state index contributed by atoms with van der Waals surface area (Å²) in [6, 6.07) is 25.6. The zero-order chi connectivity index (χ0) is 19.8. The first-order valence-electron chi connectivity index (χ1n) is 9.46. The van der Waals surface area contributed by atoms with Gasteiger partial charge in [0, 0.05) is 11.8 Å². The maximum absolute atomic E-state index is 12.3. The lowest BCUT2D eigenvalue weighted by molar-refractivity contribution is -0.111. The average molecular weight is 371 g/mol. The fourth-order valence-electron chi connectivity index (χ4n) is 2.88. The summed E-state index contributed by atoms with van der Waals surface area (Å²) in [5.74, 6) is 1.01. The van der Waals surface area contributed by atoms with E-state index in [4.69, 9.17) is 4.74 Å². The van der Waals surface area contributed by atoms with Crippen LogP contribution in [-0.2, 0) is 11.4 Å².